The fourth-order valence-electron chi connectivity index (χ4n) is 3.32. The SMILES string of the molecule is Cc1ncc(OC[C@@]2(C3C=CC=CC3)C[C@H]2CO)c(C)n1. The van der Waals surface area contributed by atoms with Gasteiger partial charge in [-0.3, -0.25) is 0 Å². The lowest BCUT2D eigenvalue weighted by Gasteiger charge is -2.26. The van der Waals surface area contributed by atoms with Crippen molar-refractivity contribution >= 4 is 0 Å². The highest BCUT2D eigenvalue weighted by Crippen LogP contribution is 2.59. The molecule has 0 aromatic carbocycles. The van der Waals surface area contributed by atoms with E-state index in [1.165, 1.54) is 0 Å². The Bertz CT molecular complexity index is 582. The molecular formula is C17H22N2O2. The summed E-state index contributed by atoms with van der Waals surface area (Å²) >= 11 is 0. The van der Waals surface area contributed by atoms with E-state index in [0.29, 0.717) is 18.4 Å². The van der Waals surface area contributed by atoms with Crippen LogP contribution in [0.1, 0.15) is 24.4 Å². The van der Waals surface area contributed by atoms with E-state index < -0.39 is 0 Å². The van der Waals surface area contributed by atoms with Crippen LogP contribution in [-0.4, -0.2) is 28.3 Å². The molecule has 3 rings (SSSR count). The topological polar surface area (TPSA) is 55.2 Å². The first-order valence-corrected chi connectivity index (χ1v) is 7.53. The molecule has 1 unspecified atom stereocenters. The minimum atomic E-state index is 0.0628. The molecule has 0 bridgehead atoms. The average molecular weight is 286 g/mol. The summed E-state index contributed by atoms with van der Waals surface area (Å²) in [6.07, 6.45) is 12.4. The molecule has 0 aliphatic heterocycles. The Labute approximate surface area is 125 Å². The van der Waals surface area contributed by atoms with Crippen molar-refractivity contribution in [1.29, 1.82) is 0 Å². The number of allylic oxidation sites excluding steroid dienone is 4. The monoisotopic (exact) mass is 286 g/mol. The number of hydrogen-bond acceptors (Lipinski definition) is 4. The first-order valence-electron chi connectivity index (χ1n) is 7.53. The number of nitrogens with zero attached hydrogens (tertiary/aromatic N) is 2. The van der Waals surface area contributed by atoms with Crippen molar-refractivity contribution in [3.05, 3.63) is 42.0 Å². The van der Waals surface area contributed by atoms with Gasteiger partial charge in [0.2, 0.25) is 0 Å². The fourth-order valence-corrected chi connectivity index (χ4v) is 3.32. The van der Waals surface area contributed by atoms with Crippen LogP contribution in [0.4, 0.5) is 0 Å². The molecule has 2 aliphatic carbocycles. The standard InChI is InChI=1S/C17H22N2O2/c1-12-16(9-18-13(2)19-12)21-11-17(8-15(17)10-20)14-6-4-3-5-7-14/h3-6,9,14-15,20H,7-8,10-11H2,1-2H3/t14?,15-,17+/m0/s1. The van der Waals surface area contributed by atoms with Gasteiger partial charge in [0.25, 0.3) is 0 Å². The van der Waals surface area contributed by atoms with Crippen molar-refractivity contribution < 1.29 is 9.84 Å². The second kappa shape index (κ2) is 5.60. The molecular weight excluding hydrogens is 264 g/mol. The van der Waals surface area contributed by atoms with Crippen molar-refractivity contribution in [2.45, 2.75) is 26.7 Å². The van der Waals surface area contributed by atoms with Gasteiger partial charge >= 0.3 is 0 Å². The van der Waals surface area contributed by atoms with Gasteiger partial charge in [0, 0.05) is 12.0 Å². The van der Waals surface area contributed by atoms with E-state index >= 15 is 0 Å². The summed E-state index contributed by atoms with van der Waals surface area (Å²) in [5.41, 5.74) is 0.936. The van der Waals surface area contributed by atoms with Crippen LogP contribution in [0.5, 0.6) is 5.75 Å². The summed E-state index contributed by atoms with van der Waals surface area (Å²) in [4.78, 5) is 8.54. The third-order valence-corrected chi connectivity index (χ3v) is 4.77. The molecule has 1 N–H and O–H groups in total. The number of aryl methyl sites for hydroxylation is 2. The average Bonchev–Trinajstić information content (AvgIpc) is 3.22. The normalized spacial score (nSPS) is 30.4. The highest BCUT2D eigenvalue weighted by molar-refractivity contribution is 5.25. The Kier molecular flexibility index (Phi) is 3.81. The smallest absolute Gasteiger partial charge is 0.158 e. The zero-order valence-corrected chi connectivity index (χ0v) is 12.6. The van der Waals surface area contributed by atoms with E-state index in [-0.39, 0.29) is 12.0 Å². The molecule has 1 aromatic rings. The van der Waals surface area contributed by atoms with Crippen LogP contribution in [0.15, 0.2) is 30.5 Å². The molecule has 2 aliphatic rings. The molecule has 4 heteroatoms. The van der Waals surface area contributed by atoms with E-state index in [1.807, 2.05) is 13.8 Å². The Hall–Kier alpha value is -1.68. The molecule has 0 amide bonds. The Balaban J connectivity index is 1.72. The van der Waals surface area contributed by atoms with Gasteiger partial charge in [-0.15, -0.1) is 0 Å². The van der Waals surface area contributed by atoms with E-state index in [1.54, 1.807) is 6.20 Å². The highest BCUT2D eigenvalue weighted by atomic mass is 16.5. The number of aromatic nitrogens is 2. The summed E-state index contributed by atoms with van der Waals surface area (Å²) in [5.74, 6) is 2.30. The van der Waals surface area contributed by atoms with Gasteiger partial charge in [0.1, 0.15) is 5.82 Å². The molecule has 0 saturated heterocycles. The molecule has 112 valence electrons. The quantitative estimate of drug-likeness (QED) is 0.904. The van der Waals surface area contributed by atoms with Gasteiger partial charge in [0.05, 0.1) is 18.5 Å². The maximum Gasteiger partial charge on any atom is 0.158 e. The second-order valence-electron chi connectivity index (χ2n) is 6.13. The van der Waals surface area contributed by atoms with Crippen LogP contribution in [-0.2, 0) is 0 Å². The van der Waals surface area contributed by atoms with Gasteiger partial charge in [-0.2, -0.15) is 0 Å². The number of aliphatic hydroxyl groups is 1. The van der Waals surface area contributed by atoms with Gasteiger partial charge in [-0.25, -0.2) is 9.97 Å². The van der Waals surface area contributed by atoms with Gasteiger partial charge < -0.3 is 9.84 Å². The lowest BCUT2D eigenvalue weighted by Crippen LogP contribution is -2.26. The van der Waals surface area contributed by atoms with E-state index in [9.17, 15) is 5.11 Å². The molecule has 1 saturated carbocycles. The maximum absolute atomic E-state index is 9.54. The maximum atomic E-state index is 9.54. The largest absolute Gasteiger partial charge is 0.489 e. The third kappa shape index (κ3) is 2.72. The second-order valence-corrected chi connectivity index (χ2v) is 6.13. The molecule has 1 fully saturated rings. The minimum absolute atomic E-state index is 0.0628. The van der Waals surface area contributed by atoms with E-state index in [4.69, 9.17) is 4.74 Å². The summed E-state index contributed by atoms with van der Waals surface area (Å²) in [5, 5.41) is 9.54. The van der Waals surface area contributed by atoms with Crippen LogP contribution in [0, 0.1) is 31.1 Å². The zero-order valence-electron chi connectivity index (χ0n) is 12.6. The number of aliphatic hydroxyl groups excluding tert-OH is 1. The number of rotatable bonds is 5. The van der Waals surface area contributed by atoms with Crippen molar-refractivity contribution in [1.82, 2.24) is 9.97 Å². The lowest BCUT2D eigenvalue weighted by molar-refractivity contribution is 0.153. The van der Waals surface area contributed by atoms with Crippen LogP contribution < -0.4 is 4.74 Å². The molecule has 1 aromatic heterocycles. The lowest BCUT2D eigenvalue weighted by atomic mass is 9.83. The Morgan fingerprint density at radius 3 is 2.86 bits per heavy atom. The highest BCUT2D eigenvalue weighted by Gasteiger charge is 2.58. The first-order chi connectivity index (χ1) is 10.2. The third-order valence-electron chi connectivity index (χ3n) is 4.77. The van der Waals surface area contributed by atoms with Crippen LogP contribution in [0.3, 0.4) is 0 Å². The van der Waals surface area contributed by atoms with Crippen LogP contribution in [0.2, 0.25) is 0 Å². The molecule has 4 nitrogen and oxygen atoms in total. The summed E-state index contributed by atoms with van der Waals surface area (Å²) < 4.78 is 6.01. The molecule has 3 atom stereocenters. The summed E-state index contributed by atoms with van der Waals surface area (Å²) in [6.45, 7) is 4.67. The van der Waals surface area contributed by atoms with E-state index in [0.717, 1.165) is 30.1 Å². The number of ether oxygens (including phenoxy) is 1. The Morgan fingerprint density at radius 2 is 2.24 bits per heavy atom. The zero-order chi connectivity index (χ0) is 14.9. The summed E-state index contributed by atoms with van der Waals surface area (Å²) in [7, 11) is 0. The summed E-state index contributed by atoms with van der Waals surface area (Å²) in [6, 6.07) is 0. The molecule has 21 heavy (non-hydrogen) atoms. The molecule has 1 heterocycles. The fraction of sp³-hybridized carbons (Fsp3) is 0.529. The Morgan fingerprint density at radius 1 is 1.38 bits per heavy atom. The van der Waals surface area contributed by atoms with Crippen molar-refractivity contribution in [3.8, 4) is 5.75 Å². The molecule has 0 spiro atoms. The van der Waals surface area contributed by atoms with Crippen molar-refractivity contribution in [2.24, 2.45) is 17.3 Å². The molecule has 0 radical (unpaired) electrons. The van der Waals surface area contributed by atoms with E-state index in [2.05, 4.69) is 34.3 Å². The van der Waals surface area contributed by atoms with Crippen LogP contribution >= 0.6 is 0 Å². The van der Waals surface area contributed by atoms with Crippen molar-refractivity contribution in [3.63, 3.8) is 0 Å². The predicted molar refractivity (Wildman–Crippen MR) is 81.0 cm³/mol. The predicted octanol–water partition coefficient (Wildman–Crippen LogP) is 2.60. The first kappa shape index (κ1) is 14.3. The van der Waals surface area contributed by atoms with Gasteiger partial charge in [0.15, 0.2) is 5.75 Å². The minimum Gasteiger partial charge on any atom is -0.489 e. The van der Waals surface area contributed by atoms with Gasteiger partial charge in [-0.1, -0.05) is 24.3 Å². The van der Waals surface area contributed by atoms with Crippen molar-refractivity contribution in [2.75, 3.05) is 13.2 Å². The van der Waals surface area contributed by atoms with Crippen LogP contribution in [0.25, 0.3) is 0 Å². The number of hydrogen-bond donors (Lipinski definition) is 1. The van der Waals surface area contributed by atoms with Gasteiger partial charge in [-0.05, 0) is 38.5 Å².